The topological polar surface area (TPSA) is 3.24 Å². The van der Waals surface area contributed by atoms with Crippen LogP contribution in [0.4, 0.5) is 0 Å². The van der Waals surface area contributed by atoms with Gasteiger partial charge in [0.1, 0.15) is 0 Å². The van der Waals surface area contributed by atoms with Crippen molar-refractivity contribution in [3.8, 4) is 0 Å². The lowest BCUT2D eigenvalue weighted by atomic mass is 9.93. The molecule has 0 saturated heterocycles. The van der Waals surface area contributed by atoms with Crippen LogP contribution in [0.25, 0.3) is 0 Å². The summed E-state index contributed by atoms with van der Waals surface area (Å²) in [6, 6.07) is 0. The summed E-state index contributed by atoms with van der Waals surface area (Å²) in [7, 11) is 2.20. The standard InChI is InChI=1S/C10H23N.2C2H6/c1-8-10(5,6)11(7)9(2,3)4;2*1-2/h8H2,1-7H3;2*1-2H3. The highest BCUT2D eigenvalue weighted by Crippen LogP contribution is 2.24. The van der Waals surface area contributed by atoms with Crippen LogP contribution >= 0.6 is 0 Å². The van der Waals surface area contributed by atoms with Crippen LogP contribution in [-0.4, -0.2) is 23.0 Å². The number of rotatable bonds is 2. The van der Waals surface area contributed by atoms with Crippen LogP contribution in [0.1, 0.15) is 75.7 Å². The zero-order valence-electron chi connectivity index (χ0n) is 13.2. The van der Waals surface area contributed by atoms with E-state index in [1.807, 2.05) is 27.7 Å². The molecule has 1 nitrogen and oxygen atoms in total. The minimum atomic E-state index is 0.277. The van der Waals surface area contributed by atoms with Crippen LogP contribution in [0.2, 0.25) is 0 Å². The van der Waals surface area contributed by atoms with E-state index in [4.69, 9.17) is 0 Å². The Morgan fingerprint density at radius 2 is 1.07 bits per heavy atom. The van der Waals surface area contributed by atoms with Crippen LogP contribution in [0.15, 0.2) is 0 Å². The van der Waals surface area contributed by atoms with Gasteiger partial charge >= 0.3 is 0 Å². The number of nitrogens with zero attached hydrogens (tertiary/aromatic N) is 1. The normalized spacial score (nSPS) is 11.2. The van der Waals surface area contributed by atoms with E-state index in [0.29, 0.717) is 5.54 Å². The molecule has 0 aromatic heterocycles. The summed E-state index contributed by atoms with van der Waals surface area (Å²) in [5, 5.41) is 0. The summed E-state index contributed by atoms with van der Waals surface area (Å²) in [4.78, 5) is 2.43. The molecule has 0 aromatic carbocycles. The zero-order valence-corrected chi connectivity index (χ0v) is 13.2. The lowest BCUT2D eigenvalue weighted by Crippen LogP contribution is -2.51. The average molecular weight is 217 g/mol. The van der Waals surface area contributed by atoms with Crippen LogP contribution in [-0.2, 0) is 0 Å². The maximum absolute atomic E-state index is 2.43. The Kier molecular flexibility index (Phi) is 12.5. The third kappa shape index (κ3) is 8.92. The lowest BCUT2D eigenvalue weighted by molar-refractivity contribution is 0.0541. The number of hydrogen-bond acceptors (Lipinski definition) is 1. The van der Waals surface area contributed by atoms with E-state index in [9.17, 15) is 0 Å². The Morgan fingerprint density at radius 1 is 0.800 bits per heavy atom. The Labute approximate surface area is 99.3 Å². The summed E-state index contributed by atoms with van der Waals surface area (Å²) in [5.41, 5.74) is 0.595. The Balaban J connectivity index is -0.000000318. The molecule has 0 aromatic rings. The van der Waals surface area contributed by atoms with Crippen molar-refractivity contribution in [2.75, 3.05) is 7.05 Å². The van der Waals surface area contributed by atoms with E-state index in [2.05, 4.69) is 53.5 Å². The van der Waals surface area contributed by atoms with Gasteiger partial charge in [-0.3, -0.25) is 4.90 Å². The van der Waals surface area contributed by atoms with Crippen molar-refractivity contribution in [1.82, 2.24) is 4.90 Å². The van der Waals surface area contributed by atoms with E-state index in [1.165, 1.54) is 6.42 Å². The molecule has 0 aliphatic carbocycles. The summed E-state index contributed by atoms with van der Waals surface area (Å²) in [6.07, 6.45) is 1.20. The molecule has 0 fully saturated rings. The molecule has 0 aliphatic heterocycles. The molecule has 0 atom stereocenters. The van der Waals surface area contributed by atoms with Crippen molar-refractivity contribution in [3.05, 3.63) is 0 Å². The predicted molar refractivity (Wildman–Crippen MR) is 74.6 cm³/mol. The molecular weight excluding hydrogens is 182 g/mol. The molecule has 0 radical (unpaired) electrons. The quantitative estimate of drug-likeness (QED) is 0.632. The highest BCUT2D eigenvalue weighted by atomic mass is 15.2. The third-order valence-corrected chi connectivity index (χ3v) is 2.78. The summed E-state index contributed by atoms with van der Waals surface area (Å²) < 4.78 is 0. The second-order valence-corrected chi connectivity index (χ2v) is 4.90. The van der Waals surface area contributed by atoms with Crippen molar-refractivity contribution in [1.29, 1.82) is 0 Å². The first kappa shape index (κ1) is 20.4. The maximum Gasteiger partial charge on any atom is 0.0152 e. The molecule has 1 heteroatoms. The molecule has 96 valence electrons. The Hall–Kier alpha value is -0.0400. The Morgan fingerprint density at radius 3 is 1.13 bits per heavy atom. The molecular formula is C14H35N. The molecule has 0 N–H and O–H groups in total. The molecule has 0 spiro atoms. The van der Waals surface area contributed by atoms with Gasteiger partial charge in [0.25, 0.3) is 0 Å². The minimum Gasteiger partial charge on any atom is -0.296 e. The van der Waals surface area contributed by atoms with Gasteiger partial charge in [0.15, 0.2) is 0 Å². The largest absolute Gasteiger partial charge is 0.296 e. The maximum atomic E-state index is 2.43. The fourth-order valence-corrected chi connectivity index (χ4v) is 1.15. The van der Waals surface area contributed by atoms with Crippen LogP contribution < -0.4 is 0 Å². The van der Waals surface area contributed by atoms with Gasteiger partial charge in [-0.1, -0.05) is 34.6 Å². The highest BCUT2D eigenvalue weighted by molar-refractivity contribution is 4.86. The van der Waals surface area contributed by atoms with E-state index < -0.39 is 0 Å². The smallest absolute Gasteiger partial charge is 0.0152 e. The zero-order chi connectivity index (χ0) is 13.3. The lowest BCUT2D eigenvalue weighted by Gasteiger charge is -2.44. The minimum absolute atomic E-state index is 0.277. The predicted octanol–water partition coefficient (Wildman–Crippen LogP) is 4.96. The second kappa shape index (κ2) is 9.21. The van der Waals surface area contributed by atoms with Crippen molar-refractivity contribution < 1.29 is 0 Å². The van der Waals surface area contributed by atoms with Gasteiger partial charge in [0.2, 0.25) is 0 Å². The molecule has 0 saturated carbocycles. The Bertz CT molecular complexity index is 120. The van der Waals surface area contributed by atoms with Crippen molar-refractivity contribution >= 4 is 0 Å². The van der Waals surface area contributed by atoms with Gasteiger partial charge < -0.3 is 0 Å². The van der Waals surface area contributed by atoms with Crippen LogP contribution in [0.5, 0.6) is 0 Å². The summed E-state index contributed by atoms with van der Waals surface area (Å²) in [6.45, 7) is 21.6. The fourth-order valence-electron chi connectivity index (χ4n) is 1.15. The number of hydrogen-bond donors (Lipinski definition) is 0. The van der Waals surface area contributed by atoms with Gasteiger partial charge in [-0.25, -0.2) is 0 Å². The highest BCUT2D eigenvalue weighted by Gasteiger charge is 2.29. The van der Waals surface area contributed by atoms with Gasteiger partial charge in [0.05, 0.1) is 0 Å². The molecule has 0 rings (SSSR count). The van der Waals surface area contributed by atoms with Crippen molar-refractivity contribution in [2.45, 2.75) is 86.7 Å². The molecule has 0 amide bonds. The second-order valence-electron chi connectivity index (χ2n) is 4.90. The van der Waals surface area contributed by atoms with Gasteiger partial charge in [0, 0.05) is 11.1 Å². The molecule has 15 heavy (non-hydrogen) atoms. The van der Waals surface area contributed by atoms with Gasteiger partial charge in [-0.05, 0) is 48.1 Å². The van der Waals surface area contributed by atoms with E-state index in [1.54, 1.807) is 0 Å². The SMILES string of the molecule is CC.CC.CCC(C)(C)N(C)C(C)(C)C. The van der Waals surface area contributed by atoms with Crippen LogP contribution in [0, 0.1) is 0 Å². The first-order valence-electron chi connectivity index (χ1n) is 6.46. The average Bonchev–Trinajstić information content (AvgIpc) is 2.21. The molecule has 0 unspecified atom stereocenters. The monoisotopic (exact) mass is 217 g/mol. The first-order valence-corrected chi connectivity index (χ1v) is 6.46. The summed E-state index contributed by atoms with van der Waals surface area (Å²) >= 11 is 0. The van der Waals surface area contributed by atoms with E-state index in [0.717, 1.165) is 0 Å². The van der Waals surface area contributed by atoms with Crippen molar-refractivity contribution in [2.24, 2.45) is 0 Å². The van der Waals surface area contributed by atoms with Gasteiger partial charge in [-0.2, -0.15) is 0 Å². The van der Waals surface area contributed by atoms with Crippen LogP contribution in [0.3, 0.4) is 0 Å². The molecule has 0 heterocycles. The first-order chi connectivity index (χ1) is 6.72. The molecule has 0 aliphatic rings. The van der Waals surface area contributed by atoms with Crippen molar-refractivity contribution in [3.63, 3.8) is 0 Å². The van der Waals surface area contributed by atoms with Gasteiger partial charge in [-0.15, -0.1) is 0 Å². The third-order valence-electron chi connectivity index (χ3n) is 2.78. The molecule has 0 bridgehead atoms. The van der Waals surface area contributed by atoms with E-state index in [-0.39, 0.29) is 5.54 Å². The van der Waals surface area contributed by atoms with E-state index >= 15 is 0 Å². The fraction of sp³-hybridized carbons (Fsp3) is 1.00. The summed E-state index contributed by atoms with van der Waals surface area (Å²) in [5.74, 6) is 0.